The van der Waals surface area contributed by atoms with Gasteiger partial charge in [-0.25, -0.2) is 0 Å². The lowest BCUT2D eigenvalue weighted by atomic mass is 9.56. The molecule has 0 rings (SSSR count). The van der Waals surface area contributed by atoms with Crippen LogP contribution in [0.4, 0.5) is 0 Å². The van der Waals surface area contributed by atoms with E-state index in [1.54, 1.807) is 0 Å². The van der Waals surface area contributed by atoms with Gasteiger partial charge in [0.05, 0.1) is 0 Å². The van der Waals surface area contributed by atoms with E-state index in [4.69, 9.17) is 14.3 Å². The van der Waals surface area contributed by atoms with Crippen LogP contribution in [0.3, 0.4) is 0 Å². The first-order chi connectivity index (χ1) is 5.35. The van der Waals surface area contributed by atoms with Gasteiger partial charge in [-0.3, -0.25) is 0 Å². The average Bonchev–Trinajstić information content (AvgIpc) is 1.82. The van der Waals surface area contributed by atoms with Crippen LogP contribution in [0.1, 0.15) is 34.6 Å². The van der Waals surface area contributed by atoms with Gasteiger partial charge in [0.2, 0.25) is 0 Å². The summed E-state index contributed by atoms with van der Waals surface area (Å²) in [5.74, 6) is 0. The van der Waals surface area contributed by atoms with Crippen molar-refractivity contribution in [1.82, 2.24) is 0 Å². The summed E-state index contributed by atoms with van der Waals surface area (Å²) >= 11 is 0. The Kier molecular flexibility index (Phi) is 4.90. The molecule has 5 heteroatoms. The zero-order valence-corrected chi connectivity index (χ0v) is 8.50. The maximum absolute atomic E-state index is 8.76. The van der Waals surface area contributed by atoms with Crippen molar-refractivity contribution in [2.75, 3.05) is 0 Å². The van der Waals surface area contributed by atoms with Gasteiger partial charge in [0.25, 0.3) is 0 Å². The van der Waals surface area contributed by atoms with E-state index in [1.807, 2.05) is 34.6 Å². The molecule has 0 amide bonds. The molecule has 0 saturated carbocycles. The van der Waals surface area contributed by atoms with Crippen LogP contribution in [0.5, 0.6) is 0 Å². The monoisotopic (exact) mass is 171 g/mol. The van der Waals surface area contributed by atoms with Gasteiger partial charge in [0.1, 0.15) is 0 Å². The smallest absolute Gasteiger partial charge is 0.438 e. The third-order valence-electron chi connectivity index (χ3n) is 0.998. The lowest BCUT2D eigenvalue weighted by molar-refractivity contribution is 0.0776. The summed E-state index contributed by atoms with van der Waals surface area (Å²) in [5, 5.41) is 8.76. The van der Waals surface area contributed by atoms with Gasteiger partial charge in [-0.2, -0.15) is 0 Å². The number of hydrogen-bond donors (Lipinski definition) is 1. The molecule has 0 spiro atoms. The summed E-state index contributed by atoms with van der Waals surface area (Å²) in [5.41, 5.74) is -0.307. The Hall–Kier alpha value is 0.00987. The minimum atomic E-state index is -0.634. The maximum Gasteiger partial charge on any atom is 0.438 e. The molecule has 0 fully saturated rings. The van der Waals surface area contributed by atoms with Crippen LogP contribution >= 0.6 is 0 Å². The first-order valence-corrected chi connectivity index (χ1v) is 4.16. The maximum atomic E-state index is 8.76. The Morgan fingerprint density at radius 3 is 2.08 bits per heavy atom. The van der Waals surface area contributed by atoms with Crippen LogP contribution in [0.15, 0.2) is 0 Å². The van der Waals surface area contributed by atoms with E-state index in [1.165, 1.54) is 0 Å². The fourth-order valence-corrected chi connectivity index (χ4v) is 0.710. The van der Waals surface area contributed by atoms with Crippen LogP contribution in [0.2, 0.25) is 0 Å². The van der Waals surface area contributed by atoms with E-state index in [-0.39, 0.29) is 11.7 Å². The van der Waals surface area contributed by atoms with Gasteiger partial charge in [-0.15, -0.1) is 0 Å². The second kappa shape index (κ2) is 4.90. The highest BCUT2D eigenvalue weighted by molar-refractivity contribution is 7.02. The zero-order valence-electron chi connectivity index (χ0n) is 8.50. The highest BCUT2D eigenvalue weighted by Gasteiger charge is 2.26. The summed E-state index contributed by atoms with van der Waals surface area (Å²) in [7, 11) is 0.288. The Morgan fingerprint density at radius 1 is 1.33 bits per heavy atom. The van der Waals surface area contributed by atoms with Gasteiger partial charge < -0.3 is 14.3 Å². The third-order valence-corrected chi connectivity index (χ3v) is 0.998. The predicted octanol–water partition coefficient (Wildman–Crippen LogP) is 0.823. The topological polar surface area (TPSA) is 38.7 Å². The van der Waals surface area contributed by atoms with Gasteiger partial charge in [0, 0.05) is 11.7 Å². The second-order valence-electron chi connectivity index (χ2n) is 3.93. The van der Waals surface area contributed by atoms with Crippen molar-refractivity contribution in [2.24, 2.45) is 0 Å². The standard InChI is InChI=1S/C7H17B2O3/c1-6(2)11-9(8-10)12-7(3,4)5/h6,10H,1-5H3. The lowest BCUT2D eigenvalue weighted by Gasteiger charge is -2.25. The summed E-state index contributed by atoms with van der Waals surface area (Å²) in [6.07, 6.45) is 0.0424. The van der Waals surface area contributed by atoms with Crippen molar-refractivity contribution in [2.45, 2.75) is 46.3 Å². The molecule has 0 aliphatic rings. The largest absolute Gasteiger partial charge is 0.458 e. The molecule has 0 unspecified atom stereocenters. The molecular weight excluding hydrogens is 154 g/mol. The van der Waals surface area contributed by atoms with Crippen molar-refractivity contribution < 1.29 is 14.3 Å². The van der Waals surface area contributed by atoms with E-state index < -0.39 is 7.01 Å². The highest BCUT2D eigenvalue weighted by atomic mass is 16.6. The Balaban J connectivity index is 3.83. The van der Waals surface area contributed by atoms with Crippen LogP contribution in [-0.4, -0.2) is 31.1 Å². The second-order valence-corrected chi connectivity index (χ2v) is 3.93. The molecule has 0 atom stereocenters. The molecular formula is C7H17B2O3. The average molecular weight is 171 g/mol. The molecule has 0 aliphatic carbocycles. The van der Waals surface area contributed by atoms with Crippen LogP contribution in [0, 0.1) is 0 Å². The van der Waals surface area contributed by atoms with Gasteiger partial charge in [-0.05, 0) is 34.6 Å². The minimum Gasteiger partial charge on any atom is -0.458 e. The zero-order chi connectivity index (χ0) is 9.78. The van der Waals surface area contributed by atoms with Crippen molar-refractivity contribution in [3.05, 3.63) is 0 Å². The molecule has 0 aromatic heterocycles. The molecule has 69 valence electrons. The van der Waals surface area contributed by atoms with E-state index >= 15 is 0 Å². The summed E-state index contributed by atoms with van der Waals surface area (Å²) in [6.45, 7) is 9.51. The molecule has 0 heterocycles. The molecule has 3 nitrogen and oxygen atoms in total. The molecule has 0 aromatic carbocycles. The SMILES string of the molecule is CC(C)OB([B]O)OC(C)(C)C. The van der Waals surface area contributed by atoms with E-state index in [0.29, 0.717) is 0 Å². The molecule has 0 aromatic rings. The van der Waals surface area contributed by atoms with Crippen molar-refractivity contribution >= 4 is 14.4 Å². The summed E-state index contributed by atoms with van der Waals surface area (Å²) < 4.78 is 10.6. The van der Waals surface area contributed by atoms with Crippen LogP contribution < -0.4 is 0 Å². The molecule has 1 radical (unpaired) electrons. The fourth-order valence-electron chi connectivity index (χ4n) is 0.710. The van der Waals surface area contributed by atoms with Crippen LogP contribution in [0.25, 0.3) is 0 Å². The highest BCUT2D eigenvalue weighted by Crippen LogP contribution is 2.09. The Morgan fingerprint density at radius 2 is 1.83 bits per heavy atom. The summed E-state index contributed by atoms with van der Waals surface area (Å²) in [4.78, 5) is 0. The molecule has 0 saturated heterocycles. The van der Waals surface area contributed by atoms with Gasteiger partial charge in [0.15, 0.2) is 0 Å². The van der Waals surface area contributed by atoms with Gasteiger partial charge in [-0.1, -0.05) is 0 Å². The first kappa shape index (κ1) is 12.0. The fraction of sp³-hybridized carbons (Fsp3) is 1.00. The lowest BCUT2D eigenvalue weighted by Crippen LogP contribution is -2.39. The van der Waals surface area contributed by atoms with Crippen molar-refractivity contribution in [3.63, 3.8) is 0 Å². The third kappa shape index (κ3) is 6.70. The number of hydrogen-bond acceptors (Lipinski definition) is 3. The van der Waals surface area contributed by atoms with E-state index in [9.17, 15) is 0 Å². The van der Waals surface area contributed by atoms with E-state index in [2.05, 4.69) is 0 Å². The van der Waals surface area contributed by atoms with E-state index in [0.717, 1.165) is 7.37 Å². The molecule has 1 N–H and O–H groups in total. The predicted molar refractivity (Wildman–Crippen MR) is 50.8 cm³/mol. The summed E-state index contributed by atoms with van der Waals surface area (Å²) in [6, 6.07) is 0. The first-order valence-electron chi connectivity index (χ1n) is 4.16. The van der Waals surface area contributed by atoms with Crippen molar-refractivity contribution in [3.8, 4) is 0 Å². The normalized spacial score (nSPS) is 11.9. The van der Waals surface area contributed by atoms with Crippen LogP contribution in [-0.2, 0) is 9.31 Å². The molecule has 0 aliphatic heterocycles. The van der Waals surface area contributed by atoms with Gasteiger partial charge >= 0.3 is 14.4 Å². The molecule has 12 heavy (non-hydrogen) atoms. The Bertz CT molecular complexity index is 122. The quantitative estimate of drug-likeness (QED) is 0.636. The Labute approximate surface area is 75.8 Å². The number of rotatable bonds is 4. The minimum absolute atomic E-state index is 0.0424. The van der Waals surface area contributed by atoms with Crippen molar-refractivity contribution in [1.29, 1.82) is 0 Å². The molecule has 0 bridgehead atoms.